The molecule has 0 unspecified atom stereocenters. The summed E-state index contributed by atoms with van der Waals surface area (Å²) in [5, 5.41) is 0. The van der Waals surface area contributed by atoms with Crippen molar-refractivity contribution in [3.05, 3.63) is 293 Å². The third kappa shape index (κ3) is 16.6. The van der Waals surface area contributed by atoms with Crippen molar-refractivity contribution in [2.45, 2.75) is 0 Å². The average Bonchev–Trinajstić information content (AvgIpc) is 3.39. The van der Waals surface area contributed by atoms with Crippen molar-refractivity contribution in [2.75, 3.05) is 0 Å². The van der Waals surface area contributed by atoms with Gasteiger partial charge < -0.3 is 0 Å². The molecule has 0 atom stereocenters. The minimum atomic E-state index is -1.39. The zero-order chi connectivity index (χ0) is 44.7. The molecule has 7 heteroatoms. The molecular formula is C57H45As3O3W. The Morgan fingerprint density at radius 2 is 0.250 bits per heavy atom. The molecule has 0 aliphatic heterocycles. The van der Waals surface area contributed by atoms with Crippen LogP contribution in [0.3, 0.4) is 0 Å². The summed E-state index contributed by atoms with van der Waals surface area (Å²) in [5.41, 5.74) is 0. The fourth-order valence-electron chi connectivity index (χ4n) is 6.54. The van der Waals surface area contributed by atoms with E-state index in [1.807, 2.05) is 0 Å². The SMILES string of the molecule is [C-]#[O+].[C-]#[O+].[C-]#[O+].[W].c1ccc([As](c2ccccc2)c2ccccc2)cc1.c1ccc([As](c2ccccc2)c2ccccc2)cc1.c1ccc([As](c2ccccc2)c2ccccc2)cc1. The van der Waals surface area contributed by atoms with Crippen LogP contribution >= 0.6 is 0 Å². The van der Waals surface area contributed by atoms with Crippen LogP contribution in [0.2, 0.25) is 0 Å². The van der Waals surface area contributed by atoms with Gasteiger partial charge in [-0.05, 0) is 0 Å². The van der Waals surface area contributed by atoms with Crippen molar-refractivity contribution in [2.24, 2.45) is 0 Å². The standard InChI is InChI=1S/3C18H15As.3CO.W/c3*1-4-10-16(11-5-1)19(17-12-6-2-7-13-17)18-14-8-3-9-15-18;3*1-2;/h3*1-15H;;;;. The molecule has 0 heterocycles. The first-order valence-corrected chi connectivity index (χ1v) is 28.3. The van der Waals surface area contributed by atoms with Gasteiger partial charge >= 0.3 is 390 Å². The van der Waals surface area contributed by atoms with Gasteiger partial charge in [0.05, 0.1) is 0 Å². The first kappa shape index (κ1) is 52.9. The first-order valence-electron chi connectivity index (χ1n) is 19.8. The van der Waals surface area contributed by atoms with Crippen LogP contribution in [0.4, 0.5) is 0 Å². The predicted molar refractivity (Wildman–Crippen MR) is 264 cm³/mol. The van der Waals surface area contributed by atoms with Crippen LogP contribution in [0.5, 0.6) is 0 Å². The van der Waals surface area contributed by atoms with Crippen molar-refractivity contribution in [3.8, 4) is 0 Å². The topological polar surface area (TPSA) is 59.7 Å². The fraction of sp³-hybridized carbons (Fsp3) is 0. The van der Waals surface area contributed by atoms with Crippen molar-refractivity contribution >= 4 is 83.1 Å². The summed E-state index contributed by atoms with van der Waals surface area (Å²) in [6, 6.07) is 98.1. The van der Waals surface area contributed by atoms with Crippen LogP contribution in [0.15, 0.2) is 273 Å². The van der Waals surface area contributed by atoms with Crippen LogP contribution in [-0.4, -0.2) is 44.0 Å². The van der Waals surface area contributed by atoms with E-state index in [0.29, 0.717) is 0 Å². The molecule has 0 saturated carbocycles. The van der Waals surface area contributed by atoms with Crippen LogP contribution in [0, 0.1) is 20.0 Å². The second-order valence-electron chi connectivity index (χ2n) is 13.0. The molecule has 0 radical (unpaired) electrons. The molecule has 312 valence electrons. The number of hydrogen-bond acceptors (Lipinski definition) is 0. The van der Waals surface area contributed by atoms with Crippen LogP contribution in [0.25, 0.3) is 0 Å². The Balaban J connectivity index is 0.000000239. The van der Waals surface area contributed by atoms with Gasteiger partial charge in [-0.15, -0.1) is 0 Å². The molecule has 64 heavy (non-hydrogen) atoms. The van der Waals surface area contributed by atoms with Crippen molar-refractivity contribution in [3.63, 3.8) is 0 Å². The van der Waals surface area contributed by atoms with E-state index < -0.39 is 44.0 Å². The monoisotopic (exact) mass is 1190 g/mol. The van der Waals surface area contributed by atoms with E-state index in [1.54, 1.807) is 0 Å². The van der Waals surface area contributed by atoms with E-state index in [-0.39, 0.29) is 21.1 Å². The van der Waals surface area contributed by atoms with Crippen LogP contribution in [-0.2, 0) is 35.0 Å². The number of rotatable bonds is 9. The van der Waals surface area contributed by atoms with Gasteiger partial charge in [-0.25, -0.2) is 0 Å². The molecule has 0 N–H and O–H groups in total. The zero-order valence-corrected chi connectivity index (χ0v) is 43.5. The zero-order valence-electron chi connectivity index (χ0n) is 35.0. The normalized spacial score (nSPS) is 9.52. The first-order chi connectivity index (χ1) is 31.3. The van der Waals surface area contributed by atoms with E-state index >= 15 is 0 Å². The quantitative estimate of drug-likeness (QED) is 0.0903. The fourth-order valence-corrected chi connectivity index (χ4v) is 21.0. The van der Waals surface area contributed by atoms with E-state index in [0.717, 1.165) is 0 Å². The van der Waals surface area contributed by atoms with Crippen molar-refractivity contribution < 1.29 is 35.0 Å². The van der Waals surface area contributed by atoms with Crippen molar-refractivity contribution in [1.29, 1.82) is 0 Å². The van der Waals surface area contributed by atoms with Crippen LogP contribution < -0.4 is 39.2 Å². The molecule has 0 fully saturated rings. The van der Waals surface area contributed by atoms with E-state index in [2.05, 4.69) is 293 Å². The Morgan fingerprint density at radius 1 is 0.172 bits per heavy atom. The Hall–Kier alpha value is -5.44. The van der Waals surface area contributed by atoms with Crippen molar-refractivity contribution in [1.82, 2.24) is 0 Å². The molecule has 9 aromatic carbocycles. The van der Waals surface area contributed by atoms with E-state index in [9.17, 15) is 0 Å². The Kier molecular flexibility index (Phi) is 26.7. The molecule has 0 spiro atoms. The molecule has 9 rings (SSSR count). The van der Waals surface area contributed by atoms with Gasteiger partial charge in [-0.3, -0.25) is 0 Å². The summed E-state index contributed by atoms with van der Waals surface area (Å²) in [6.45, 7) is 13.5. The molecule has 0 aliphatic rings. The third-order valence-electron chi connectivity index (χ3n) is 9.13. The minimum absolute atomic E-state index is 0. The summed E-state index contributed by atoms with van der Waals surface area (Å²) >= 11 is -4.17. The van der Waals surface area contributed by atoms with Gasteiger partial charge in [0.15, 0.2) is 0 Å². The summed E-state index contributed by atoms with van der Waals surface area (Å²) < 4.78 is 35.8. The predicted octanol–water partition coefficient (Wildman–Crippen LogP) is 6.49. The summed E-state index contributed by atoms with van der Waals surface area (Å²) in [7, 11) is 0. The van der Waals surface area contributed by atoms with Gasteiger partial charge in [-0.1, -0.05) is 0 Å². The van der Waals surface area contributed by atoms with Gasteiger partial charge in [0.25, 0.3) is 0 Å². The molecule has 3 nitrogen and oxygen atoms in total. The van der Waals surface area contributed by atoms with E-state index in [1.165, 1.54) is 39.2 Å². The molecule has 0 aromatic heterocycles. The van der Waals surface area contributed by atoms with Gasteiger partial charge in [0.1, 0.15) is 0 Å². The Labute approximate surface area is 407 Å². The number of benzene rings is 9. The summed E-state index contributed by atoms with van der Waals surface area (Å²) in [5.74, 6) is 0. The Bertz CT molecular complexity index is 2010. The van der Waals surface area contributed by atoms with E-state index in [4.69, 9.17) is 14.0 Å². The molecule has 0 amide bonds. The maximum atomic E-state index is 7.50. The Morgan fingerprint density at radius 3 is 0.328 bits per heavy atom. The second kappa shape index (κ2) is 32.3. The molecule has 0 aliphatic carbocycles. The van der Waals surface area contributed by atoms with Gasteiger partial charge in [-0.2, -0.15) is 0 Å². The summed E-state index contributed by atoms with van der Waals surface area (Å²) in [4.78, 5) is 0. The third-order valence-corrected chi connectivity index (χ3v) is 24.5. The molecule has 0 saturated heterocycles. The van der Waals surface area contributed by atoms with Gasteiger partial charge in [0.2, 0.25) is 0 Å². The molecule has 9 aromatic rings. The molecule has 0 bridgehead atoms. The molecular weight excluding hydrogens is 1140 g/mol. The van der Waals surface area contributed by atoms with Crippen LogP contribution in [0.1, 0.15) is 0 Å². The number of hydrogen-bond donors (Lipinski definition) is 0. The maximum absolute atomic E-state index is 7.50. The second-order valence-corrected chi connectivity index (χ2v) is 27.0. The summed E-state index contributed by atoms with van der Waals surface area (Å²) in [6.07, 6.45) is 0. The average molecular weight is 1190 g/mol. The van der Waals surface area contributed by atoms with Gasteiger partial charge in [0, 0.05) is 21.1 Å².